The SMILES string of the molecule is COc1ccccc1-c1ccc2c(=O)n(-c3ccccn3)ncc2c1. The molecule has 0 aliphatic heterocycles. The summed E-state index contributed by atoms with van der Waals surface area (Å²) in [5, 5.41) is 5.64. The fraction of sp³-hybridized carbons (Fsp3) is 0.0500. The van der Waals surface area contributed by atoms with E-state index in [9.17, 15) is 4.79 Å². The highest BCUT2D eigenvalue weighted by molar-refractivity contribution is 5.87. The van der Waals surface area contributed by atoms with Gasteiger partial charge in [-0.25, -0.2) is 4.98 Å². The lowest BCUT2D eigenvalue weighted by Crippen LogP contribution is -2.21. The summed E-state index contributed by atoms with van der Waals surface area (Å²) in [6.45, 7) is 0. The number of benzene rings is 2. The van der Waals surface area contributed by atoms with Crippen LogP contribution in [0, 0.1) is 0 Å². The van der Waals surface area contributed by atoms with E-state index in [0.717, 1.165) is 22.3 Å². The molecule has 0 saturated carbocycles. The van der Waals surface area contributed by atoms with Crippen LogP contribution in [0.2, 0.25) is 0 Å². The first-order valence-electron chi connectivity index (χ1n) is 7.85. The number of pyridine rings is 1. The Bertz CT molecular complexity index is 1100. The Balaban J connectivity index is 1.87. The third-order valence-corrected chi connectivity index (χ3v) is 4.07. The fourth-order valence-electron chi connectivity index (χ4n) is 2.84. The molecule has 5 nitrogen and oxygen atoms in total. The summed E-state index contributed by atoms with van der Waals surface area (Å²) in [6, 6.07) is 18.9. The number of rotatable bonds is 3. The Hall–Kier alpha value is -3.47. The molecule has 0 amide bonds. The first-order chi connectivity index (χ1) is 12.3. The van der Waals surface area contributed by atoms with Gasteiger partial charge in [-0.2, -0.15) is 9.78 Å². The minimum Gasteiger partial charge on any atom is -0.496 e. The van der Waals surface area contributed by atoms with Gasteiger partial charge in [-0.15, -0.1) is 0 Å². The highest BCUT2D eigenvalue weighted by Crippen LogP contribution is 2.30. The number of ether oxygens (including phenoxy) is 1. The summed E-state index contributed by atoms with van der Waals surface area (Å²) in [5.41, 5.74) is 1.75. The van der Waals surface area contributed by atoms with E-state index in [4.69, 9.17) is 4.74 Å². The van der Waals surface area contributed by atoms with Gasteiger partial charge >= 0.3 is 0 Å². The van der Waals surface area contributed by atoms with Crippen molar-refractivity contribution >= 4 is 10.8 Å². The Morgan fingerprint density at radius 3 is 2.64 bits per heavy atom. The van der Waals surface area contributed by atoms with Gasteiger partial charge in [0.15, 0.2) is 5.82 Å². The molecule has 0 aliphatic rings. The Morgan fingerprint density at radius 2 is 1.84 bits per heavy atom. The zero-order chi connectivity index (χ0) is 17.2. The molecular weight excluding hydrogens is 314 g/mol. The van der Waals surface area contributed by atoms with Crippen LogP contribution in [0.1, 0.15) is 0 Å². The number of hydrogen-bond donors (Lipinski definition) is 0. The van der Waals surface area contributed by atoms with Crippen molar-refractivity contribution in [2.75, 3.05) is 7.11 Å². The average Bonchev–Trinajstić information content (AvgIpc) is 2.68. The van der Waals surface area contributed by atoms with Crippen molar-refractivity contribution in [3.63, 3.8) is 0 Å². The summed E-state index contributed by atoms with van der Waals surface area (Å²) >= 11 is 0. The zero-order valence-electron chi connectivity index (χ0n) is 13.6. The van der Waals surface area contributed by atoms with Gasteiger partial charge in [0.1, 0.15) is 5.75 Å². The molecule has 0 atom stereocenters. The molecule has 4 aromatic rings. The van der Waals surface area contributed by atoms with Gasteiger partial charge in [0.05, 0.1) is 18.7 Å². The largest absolute Gasteiger partial charge is 0.496 e. The minimum absolute atomic E-state index is 0.192. The molecule has 0 spiro atoms. The number of methoxy groups -OCH3 is 1. The molecule has 0 fully saturated rings. The molecule has 25 heavy (non-hydrogen) atoms. The van der Waals surface area contributed by atoms with Gasteiger partial charge in [-0.1, -0.05) is 30.3 Å². The molecular formula is C20H15N3O2. The monoisotopic (exact) mass is 329 g/mol. The predicted molar refractivity (Wildman–Crippen MR) is 97.1 cm³/mol. The molecule has 0 unspecified atom stereocenters. The molecule has 2 heterocycles. The highest BCUT2D eigenvalue weighted by atomic mass is 16.5. The van der Waals surface area contributed by atoms with Gasteiger partial charge in [0, 0.05) is 17.1 Å². The van der Waals surface area contributed by atoms with Crippen molar-refractivity contribution in [3.8, 4) is 22.7 Å². The molecule has 0 N–H and O–H groups in total. The van der Waals surface area contributed by atoms with Crippen LogP contribution in [-0.2, 0) is 0 Å². The average molecular weight is 329 g/mol. The van der Waals surface area contributed by atoms with Gasteiger partial charge in [-0.3, -0.25) is 4.79 Å². The van der Waals surface area contributed by atoms with E-state index >= 15 is 0 Å². The molecule has 0 saturated heterocycles. The molecule has 2 aromatic heterocycles. The number of fused-ring (bicyclic) bond motifs is 1. The smallest absolute Gasteiger partial charge is 0.280 e. The lowest BCUT2D eigenvalue weighted by molar-refractivity contribution is 0.416. The number of para-hydroxylation sites is 1. The van der Waals surface area contributed by atoms with E-state index in [1.54, 1.807) is 31.6 Å². The zero-order valence-corrected chi connectivity index (χ0v) is 13.6. The van der Waals surface area contributed by atoms with Crippen LogP contribution in [0.4, 0.5) is 0 Å². The van der Waals surface area contributed by atoms with Crippen LogP contribution in [0.5, 0.6) is 5.75 Å². The van der Waals surface area contributed by atoms with E-state index in [-0.39, 0.29) is 5.56 Å². The van der Waals surface area contributed by atoms with E-state index in [2.05, 4.69) is 10.1 Å². The summed E-state index contributed by atoms with van der Waals surface area (Å²) in [6.07, 6.45) is 3.32. The van der Waals surface area contributed by atoms with Crippen LogP contribution < -0.4 is 10.3 Å². The van der Waals surface area contributed by atoms with Crippen molar-refractivity contribution in [2.45, 2.75) is 0 Å². The Labute approximate surface area is 144 Å². The maximum atomic E-state index is 12.7. The predicted octanol–water partition coefficient (Wildman–Crippen LogP) is 3.46. The third-order valence-electron chi connectivity index (χ3n) is 4.07. The van der Waals surface area contributed by atoms with E-state index in [0.29, 0.717) is 11.2 Å². The molecule has 0 bridgehead atoms. The number of nitrogens with zero attached hydrogens (tertiary/aromatic N) is 3. The first kappa shape index (κ1) is 15.1. The van der Waals surface area contributed by atoms with Crippen LogP contribution in [0.3, 0.4) is 0 Å². The van der Waals surface area contributed by atoms with Gasteiger partial charge in [0.2, 0.25) is 0 Å². The van der Waals surface area contributed by atoms with E-state index in [1.165, 1.54) is 4.68 Å². The molecule has 2 aromatic carbocycles. The van der Waals surface area contributed by atoms with E-state index < -0.39 is 0 Å². The van der Waals surface area contributed by atoms with Gasteiger partial charge < -0.3 is 4.74 Å². The third kappa shape index (κ3) is 2.65. The second kappa shape index (κ2) is 6.20. The lowest BCUT2D eigenvalue weighted by atomic mass is 10.0. The van der Waals surface area contributed by atoms with Crippen LogP contribution in [0.15, 0.2) is 77.9 Å². The van der Waals surface area contributed by atoms with Gasteiger partial charge in [0.25, 0.3) is 5.56 Å². The van der Waals surface area contributed by atoms with Crippen molar-refractivity contribution in [1.82, 2.24) is 14.8 Å². The topological polar surface area (TPSA) is 57.0 Å². The maximum Gasteiger partial charge on any atom is 0.280 e. The number of aromatic nitrogens is 3. The van der Waals surface area contributed by atoms with Crippen molar-refractivity contribution in [2.24, 2.45) is 0 Å². The highest BCUT2D eigenvalue weighted by Gasteiger charge is 2.10. The summed E-state index contributed by atoms with van der Waals surface area (Å²) in [4.78, 5) is 16.9. The number of hydrogen-bond acceptors (Lipinski definition) is 4. The summed E-state index contributed by atoms with van der Waals surface area (Å²) in [5.74, 6) is 1.29. The molecule has 122 valence electrons. The van der Waals surface area contributed by atoms with Crippen molar-refractivity contribution in [3.05, 3.63) is 83.4 Å². The van der Waals surface area contributed by atoms with Crippen molar-refractivity contribution < 1.29 is 4.74 Å². The Kier molecular flexibility index (Phi) is 3.74. The van der Waals surface area contributed by atoms with E-state index in [1.807, 2.05) is 48.5 Å². The maximum absolute atomic E-state index is 12.7. The molecule has 0 radical (unpaired) electrons. The van der Waals surface area contributed by atoms with Gasteiger partial charge in [-0.05, 0) is 35.9 Å². The first-order valence-corrected chi connectivity index (χ1v) is 7.85. The standard InChI is InChI=1S/C20H15N3O2/c1-25-18-7-3-2-6-16(18)14-9-10-17-15(12-14)13-22-23(20(17)24)19-8-4-5-11-21-19/h2-13H,1H3. The van der Waals surface area contributed by atoms with Crippen molar-refractivity contribution in [1.29, 1.82) is 0 Å². The molecule has 5 heteroatoms. The Morgan fingerprint density at radius 1 is 1.00 bits per heavy atom. The minimum atomic E-state index is -0.192. The normalized spacial score (nSPS) is 10.8. The molecule has 0 aliphatic carbocycles. The summed E-state index contributed by atoms with van der Waals surface area (Å²) < 4.78 is 6.73. The second-order valence-electron chi connectivity index (χ2n) is 5.55. The summed E-state index contributed by atoms with van der Waals surface area (Å²) in [7, 11) is 1.65. The van der Waals surface area contributed by atoms with Crippen LogP contribution >= 0.6 is 0 Å². The lowest BCUT2D eigenvalue weighted by Gasteiger charge is -2.10. The van der Waals surface area contributed by atoms with Crippen LogP contribution in [0.25, 0.3) is 27.7 Å². The van der Waals surface area contributed by atoms with Crippen LogP contribution in [-0.4, -0.2) is 21.9 Å². The molecule has 4 rings (SSSR count). The second-order valence-corrected chi connectivity index (χ2v) is 5.55. The quantitative estimate of drug-likeness (QED) is 0.577. The fourth-order valence-corrected chi connectivity index (χ4v) is 2.84.